The summed E-state index contributed by atoms with van der Waals surface area (Å²) in [4.78, 5) is 0. The normalized spacial score (nSPS) is 12.2. The number of benzene rings is 1. The molecule has 2 heteroatoms. The summed E-state index contributed by atoms with van der Waals surface area (Å²) in [6.45, 7) is 11.6. The van der Waals surface area contributed by atoms with Crippen LogP contribution in [0.1, 0.15) is 81.9 Å². The molecule has 0 spiro atoms. The molecule has 0 radical (unpaired) electrons. The molecule has 154 valence electrons. The molecule has 1 aromatic carbocycles. The van der Waals surface area contributed by atoms with Gasteiger partial charge in [0, 0.05) is 0 Å². The van der Waals surface area contributed by atoms with Crippen LogP contribution in [0.4, 0.5) is 0 Å². The molecule has 1 nitrogen and oxygen atoms in total. The summed E-state index contributed by atoms with van der Waals surface area (Å²) < 4.78 is 4.07. The topological polar surface area (TPSA) is 3.88 Å². The van der Waals surface area contributed by atoms with Crippen molar-refractivity contribution in [1.29, 1.82) is 0 Å². The number of aryl methyl sites for hydroxylation is 2. The van der Waals surface area contributed by atoms with Crippen LogP contribution in [-0.4, -0.2) is 13.3 Å². The van der Waals surface area contributed by atoms with Gasteiger partial charge in [-0.25, -0.2) is 0 Å². The number of nitrogens with zero attached hydrogens (tertiary/aromatic N) is 1. The Hall–Kier alpha value is -1.09. The molecule has 0 bridgehead atoms. The maximum atomic E-state index is 2.54. The molecule has 1 heterocycles. The van der Waals surface area contributed by atoms with Crippen molar-refractivity contribution < 1.29 is 4.57 Å². The Balaban J connectivity index is 2.73. The standard InChI is InChI=1S/C26H42GeN/c1-10-20(11-2)22-15-14-19(5)23(16-22)26-17-24(21(12-3)13-4)25(18-28(26)9)27(6,7)8/h14-18,20-21H,10-13H2,1-9H3/q+1. The third kappa shape index (κ3) is 4.90. The van der Waals surface area contributed by atoms with E-state index in [-0.39, 0.29) is 0 Å². The van der Waals surface area contributed by atoms with Gasteiger partial charge in [-0.1, -0.05) is 0 Å². The zero-order chi connectivity index (χ0) is 21.1. The molecule has 2 rings (SSSR count). The van der Waals surface area contributed by atoms with Crippen LogP contribution in [0.5, 0.6) is 0 Å². The Morgan fingerprint density at radius 1 is 0.857 bits per heavy atom. The Morgan fingerprint density at radius 2 is 1.43 bits per heavy atom. The van der Waals surface area contributed by atoms with Gasteiger partial charge in [0.1, 0.15) is 0 Å². The summed E-state index contributed by atoms with van der Waals surface area (Å²) in [6.07, 6.45) is 7.34. The number of hydrogen-bond acceptors (Lipinski definition) is 0. The van der Waals surface area contributed by atoms with E-state index in [0.29, 0.717) is 11.8 Å². The summed E-state index contributed by atoms with van der Waals surface area (Å²) in [5.41, 5.74) is 7.28. The second kappa shape index (κ2) is 9.61. The van der Waals surface area contributed by atoms with Crippen LogP contribution < -0.4 is 8.96 Å². The predicted octanol–water partition coefficient (Wildman–Crippen LogP) is 6.84. The summed E-state index contributed by atoms with van der Waals surface area (Å²) in [6, 6.07) is 9.69. The number of aromatic nitrogens is 1. The maximum absolute atomic E-state index is 2.54. The molecule has 0 amide bonds. The van der Waals surface area contributed by atoms with E-state index in [0.717, 1.165) is 0 Å². The second-order valence-electron chi connectivity index (χ2n) is 9.49. The van der Waals surface area contributed by atoms with Gasteiger partial charge in [0.15, 0.2) is 0 Å². The zero-order valence-electron chi connectivity index (χ0n) is 19.8. The first-order valence-electron chi connectivity index (χ1n) is 11.3. The molecule has 0 saturated heterocycles. The van der Waals surface area contributed by atoms with Gasteiger partial charge in [-0.3, -0.25) is 0 Å². The van der Waals surface area contributed by atoms with Crippen molar-refractivity contribution in [2.45, 2.75) is 89.4 Å². The molecule has 0 aliphatic rings. The van der Waals surface area contributed by atoms with Crippen molar-refractivity contribution >= 4 is 17.7 Å². The Bertz CT molecular complexity index is 793. The number of hydrogen-bond donors (Lipinski definition) is 0. The summed E-state index contributed by atoms with van der Waals surface area (Å²) in [7, 11) is 2.24. The first kappa shape index (κ1) is 23.2. The summed E-state index contributed by atoms with van der Waals surface area (Å²) >= 11 is -1.95. The fourth-order valence-corrected chi connectivity index (χ4v) is 8.17. The van der Waals surface area contributed by atoms with Crippen molar-refractivity contribution in [3.8, 4) is 11.3 Å². The molecule has 0 N–H and O–H groups in total. The summed E-state index contributed by atoms with van der Waals surface area (Å²) in [5, 5.41) is 0. The van der Waals surface area contributed by atoms with Gasteiger partial charge >= 0.3 is 177 Å². The van der Waals surface area contributed by atoms with Gasteiger partial charge in [-0.05, 0) is 0 Å². The monoisotopic (exact) mass is 442 g/mol. The van der Waals surface area contributed by atoms with E-state index < -0.39 is 13.3 Å². The van der Waals surface area contributed by atoms with Crippen LogP contribution in [0.15, 0.2) is 30.5 Å². The van der Waals surface area contributed by atoms with Crippen molar-refractivity contribution in [1.82, 2.24) is 0 Å². The van der Waals surface area contributed by atoms with Crippen molar-refractivity contribution in [3.05, 3.63) is 47.2 Å². The number of pyridine rings is 1. The molecular weight excluding hydrogens is 399 g/mol. The van der Waals surface area contributed by atoms with Crippen molar-refractivity contribution in [3.63, 3.8) is 0 Å². The molecule has 0 fully saturated rings. The van der Waals surface area contributed by atoms with E-state index in [9.17, 15) is 0 Å². The van der Waals surface area contributed by atoms with E-state index in [1.807, 2.05) is 0 Å². The molecule has 0 atom stereocenters. The Morgan fingerprint density at radius 3 is 1.93 bits per heavy atom. The molecule has 0 saturated carbocycles. The molecule has 1 aromatic heterocycles. The first-order chi connectivity index (χ1) is 13.2. The summed E-state index contributed by atoms with van der Waals surface area (Å²) in [5.74, 6) is 8.91. The van der Waals surface area contributed by atoms with Gasteiger partial charge in [-0.2, -0.15) is 0 Å². The number of rotatable bonds is 8. The fourth-order valence-electron chi connectivity index (χ4n) is 4.55. The van der Waals surface area contributed by atoms with Crippen LogP contribution in [0, 0.1) is 6.92 Å². The van der Waals surface area contributed by atoms with Crippen LogP contribution in [0.3, 0.4) is 0 Å². The van der Waals surface area contributed by atoms with Gasteiger partial charge in [-0.15, -0.1) is 0 Å². The van der Waals surface area contributed by atoms with Gasteiger partial charge in [0.2, 0.25) is 0 Å². The van der Waals surface area contributed by atoms with Crippen LogP contribution in [0.25, 0.3) is 11.3 Å². The predicted molar refractivity (Wildman–Crippen MR) is 127 cm³/mol. The Labute approximate surface area is 176 Å². The molecule has 0 aliphatic carbocycles. The zero-order valence-corrected chi connectivity index (χ0v) is 21.9. The molecular formula is C26H42GeN+. The van der Waals surface area contributed by atoms with Crippen LogP contribution >= 0.6 is 0 Å². The van der Waals surface area contributed by atoms with Crippen molar-refractivity contribution in [2.75, 3.05) is 0 Å². The minimum absolute atomic E-state index is 0.659. The van der Waals surface area contributed by atoms with Gasteiger partial charge in [0.05, 0.1) is 0 Å². The molecule has 0 aliphatic heterocycles. The second-order valence-corrected chi connectivity index (χ2v) is 20.1. The average molecular weight is 441 g/mol. The first-order valence-corrected chi connectivity index (χ1v) is 18.7. The van der Waals surface area contributed by atoms with E-state index in [4.69, 9.17) is 0 Å². The van der Waals surface area contributed by atoms with Crippen molar-refractivity contribution in [2.24, 2.45) is 7.05 Å². The van der Waals surface area contributed by atoms with E-state index in [1.54, 1.807) is 9.96 Å². The van der Waals surface area contributed by atoms with E-state index >= 15 is 0 Å². The van der Waals surface area contributed by atoms with Gasteiger partial charge < -0.3 is 0 Å². The average Bonchev–Trinajstić information content (AvgIpc) is 2.65. The third-order valence-electron chi connectivity index (χ3n) is 6.53. The SMILES string of the molecule is CCC(CC)c1ccc(C)c(-c2cc(C(CC)CC)[c]([Ge]([CH3])([CH3])[CH3])c[n+]2C)c1. The quantitative estimate of drug-likeness (QED) is 0.312. The fraction of sp³-hybridized carbons (Fsp3) is 0.577. The minimum atomic E-state index is -1.95. The van der Waals surface area contributed by atoms with Crippen LogP contribution in [-0.2, 0) is 7.05 Å². The van der Waals surface area contributed by atoms with E-state index in [2.05, 4.69) is 94.0 Å². The van der Waals surface area contributed by atoms with E-state index in [1.165, 1.54) is 48.1 Å². The van der Waals surface area contributed by atoms with Gasteiger partial charge in [0.25, 0.3) is 0 Å². The third-order valence-corrected chi connectivity index (χ3v) is 10.8. The molecule has 28 heavy (non-hydrogen) atoms. The molecule has 0 unspecified atom stereocenters. The van der Waals surface area contributed by atoms with Crippen LogP contribution in [0.2, 0.25) is 17.3 Å². The molecule has 2 aromatic rings. The Kier molecular flexibility index (Phi) is 7.96.